The number of phenolic OH excluding ortho intramolecular Hbond substituents is 2. The van der Waals surface area contributed by atoms with Crippen molar-refractivity contribution in [3.63, 3.8) is 0 Å². The molecule has 251 valence electrons. The van der Waals surface area contributed by atoms with E-state index in [1.54, 1.807) is 13.8 Å². The van der Waals surface area contributed by atoms with Crippen LogP contribution < -0.4 is 10.2 Å². The molecule has 0 aromatic heterocycles. The zero-order valence-corrected chi connectivity index (χ0v) is 25.9. The number of hydrogen-bond acceptors (Lipinski definition) is 8. The van der Waals surface area contributed by atoms with Gasteiger partial charge in [-0.1, -0.05) is 13.8 Å². The van der Waals surface area contributed by atoms with Crippen molar-refractivity contribution in [1.29, 1.82) is 0 Å². The molecule has 3 rings (SSSR count). The van der Waals surface area contributed by atoms with Gasteiger partial charge in [-0.3, -0.25) is 9.98 Å². The third kappa shape index (κ3) is 14.4. The first-order valence-electron chi connectivity index (χ1n) is 13.6. The van der Waals surface area contributed by atoms with Gasteiger partial charge in [0.2, 0.25) is 0 Å². The van der Waals surface area contributed by atoms with E-state index in [4.69, 9.17) is 19.8 Å². The molecule has 0 saturated heterocycles. The van der Waals surface area contributed by atoms with Crippen LogP contribution in [0.1, 0.15) is 86.8 Å². The number of aromatic hydroxyl groups is 2. The van der Waals surface area contributed by atoms with Crippen LogP contribution in [-0.2, 0) is 51.6 Å². The van der Waals surface area contributed by atoms with Crippen molar-refractivity contribution in [3.05, 3.63) is 57.6 Å². The van der Waals surface area contributed by atoms with Crippen molar-refractivity contribution in [1.82, 2.24) is 0 Å². The Hall–Kier alpha value is -3.59. The number of aliphatic imine (C=N–C) groups is 2. The second kappa shape index (κ2) is 18.4. The van der Waals surface area contributed by atoms with Crippen LogP contribution in [-0.4, -0.2) is 46.7 Å². The number of nitrogens with zero attached hydrogens (tertiary/aromatic N) is 2. The number of carboxylic acids is 2. The fourth-order valence-electron chi connectivity index (χ4n) is 4.23. The molecule has 0 spiro atoms. The van der Waals surface area contributed by atoms with Gasteiger partial charge < -0.3 is 30.0 Å². The number of carboxylic acid groups (broad SMARTS) is 2. The third-order valence-corrected chi connectivity index (χ3v) is 6.37. The minimum absolute atomic E-state index is 0. The van der Waals surface area contributed by atoms with Gasteiger partial charge in [0.25, 0.3) is 0 Å². The predicted molar refractivity (Wildman–Crippen MR) is 148 cm³/mol. The summed E-state index contributed by atoms with van der Waals surface area (Å²) in [4.78, 5) is 26.5. The minimum atomic E-state index is -4.54. The van der Waals surface area contributed by atoms with Gasteiger partial charge in [-0.2, -0.15) is 26.3 Å². The molecule has 0 unspecified atom stereocenters. The Labute approximate surface area is 267 Å². The van der Waals surface area contributed by atoms with Crippen LogP contribution in [0.15, 0.2) is 34.3 Å². The summed E-state index contributed by atoms with van der Waals surface area (Å²) in [5.74, 6) is -2.61. The molecule has 2 N–H and O–H groups in total. The molecule has 45 heavy (non-hydrogen) atoms. The van der Waals surface area contributed by atoms with E-state index in [1.165, 1.54) is 12.4 Å². The van der Waals surface area contributed by atoms with Crippen molar-refractivity contribution in [3.8, 4) is 11.5 Å². The number of aryl methyl sites for hydroxylation is 2. The fraction of sp³-hybridized carbons (Fsp3) is 0.467. The van der Waals surface area contributed by atoms with Gasteiger partial charge in [0.15, 0.2) is 0 Å². The number of hydrogen-bond donors (Lipinski definition) is 2. The average Bonchev–Trinajstić information content (AvgIpc) is 2.90. The first-order chi connectivity index (χ1) is 20.3. The molecule has 0 heterocycles. The summed E-state index contributed by atoms with van der Waals surface area (Å²) in [6.45, 7) is 5.25. The quantitative estimate of drug-likeness (QED) is 0.334. The minimum Gasteiger partial charge on any atom is -0.550 e. The van der Waals surface area contributed by atoms with Gasteiger partial charge >= 0.3 is 29.1 Å². The summed E-state index contributed by atoms with van der Waals surface area (Å²) < 4.78 is 79.1. The topological polar surface area (TPSA) is 145 Å². The first kappa shape index (κ1) is 41.4. The maximum atomic E-state index is 13.2. The van der Waals surface area contributed by atoms with Gasteiger partial charge in [-0.25, -0.2) is 0 Å². The molecule has 1 saturated carbocycles. The van der Waals surface area contributed by atoms with Crippen LogP contribution in [0.5, 0.6) is 11.5 Å². The van der Waals surface area contributed by atoms with E-state index in [0.29, 0.717) is 25.7 Å². The molecule has 1 aliphatic rings. The molecule has 1 fully saturated rings. The Morgan fingerprint density at radius 1 is 0.733 bits per heavy atom. The molecular weight excluding hydrogens is 657 g/mol. The van der Waals surface area contributed by atoms with Crippen molar-refractivity contribution in [2.45, 2.75) is 90.7 Å². The number of carbonyl (C=O) groups is 2. The van der Waals surface area contributed by atoms with Crippen LogP contribution in [0.2, 0.25) is 0 Å². The predicted octanol–water partition coefficient (Wildman–Crippen LogP) is 4.62. The number of aliphatic carboxylic acids is 2. The largest absolute Gasteiger partial charge is 2.00 e. The van der Waals surface area contributed by atoms with Gasteiger partial charge in [0.05, 0.1) is 23.2 Å². The molecule has 1 radical (unpaired) electrons. The maximum Gasteiger partial charge on any atom is 2.00 e. The number of rotatable bonds is 6. The van der Waals surface area contributed by atoms with E-state index in [0.717, 1.165) is 38.1 Å². The number of benzene rings is 2. The van der Waals surface area contributed by atoms with Gasteiger partial charge in [-0.05, 0) is 87.8 Å². The van der Waals surface area contributed by atoms with Crippen LogP contribution in [0.3, 0.4) is 0 Å². The summed E-state index contributed by atoms with van der Waals surface area (Å²) in [5.41, 5.74) is -1.30. The van der Waals surface area contributed by atoms with E-state index in [1.807, 2.05) is 0 Å². The Morgan fingerprint density at radius 2 is 1.00 bits per heavy atom. The van der Waals surface area contributed by atoms with Crippen LogP contribution >= 0.6 is 0 Å². The normalized spacial score (nSPS) is 16.7. The second-order valence-electron chi connectivity index (χ2n) is 9.85. The summed E-state index contributed by atoms with van der Waals surface area (Å²) in [5, 5.41) is 38.4. The van der Waals surface area contributed by atoms with Gasteiger partial charge in [0, 0.05) is 35.5 Å². The van der Waals surface area contributed by atoms with E-state index < -0.39 is 35.4 Å². The number of phenols is 2. The molecule has 0 atom stereocenters. The van der Waals surface area contributed by atoms with Crippen LogP contribution in [0.4, 0.5) is 26.3 Å². The SMILES string of the molecule is CC(=O)[O-].CC(=O)[O-].CCc1cc(C(F)(F)F)cc(C=NC2CCC(N=Cc3cc(C(F)(F)F)cc(CC)c3O)CC2)c1O.[Co+2]. The molecule has 8 nitrogen and oxygen atoms in total. The number of alkyl halides is 6. The van der Waals surface area contributed by atoms with E-state index in [-0.39, 0.29) is 75.5 Å². The molecule has 2 aromatic rings. The van der Waals surface area contributed by atoms with Crippen molar-refractivity contribution in [2.24, 2.45) is 9.98 Å². The van der Waals surface area contributed by atoms with Crippen LogP contribution in [0, 0.1) is 0 Å². The summed E-state index contributed by atoms with van der Waals surface area (Å²) in [6.07, 6.45) is -3.76. The molecule has 0 aliphatic heterocycles. The average molecular weight is 692 g/mol. The maximum absolute atomic E-state index is 13.2. The second-order valence-corrected chi connectivity index (χ2v) is 9.85. The summed E-state index contributed by atoms with van der Waals surface area (Å²) in [6, 6.07) is 3.26. The molecule has 1 aliphatic carbocycles. The number of carbonyl (C=O) groups excluding carboxylic acids is 2. The van der Waals surface area contributed by atoms with E-state index >= 15 is 0 Å². The van der Waals surface area contributed by atoms with Gasteiger partial charge in [0.1, 0.15) is 11.5 Å². The zero-order valence-electron chi connectivity index (χ0n) is 24.9. The van der Waals surface area contributed by atoms with Gasteiger partial charge in [-0.15, -0.1) is 0 Å². The molecule has 0 bridgehead atoms. The Kier molecular flexibility index (Phi) is 16.9. The van der Waals surface area contributed by atoms with E-state index in [2.05, 4.69) is 9.98 Å². The van der Waals surface area contributed by atoms with E-state index in [9.17, 15) is 36.6 Å². The van der Waals surface area contributed by atoms with Crippen molar-refractivity contribution >= 4 is 24.4 Å². The monoisotopic (exact) mass is 691 g/mol. The Morgan fingerprint density at radius 3 is 1.22 bits per heavy atom. The molecular formula is C30H34CoF6N2O6. The number of halogens is 6. The smallest absolute Gasteiger partial charge is 0.550 e. The van der Waals surface area contributed by atoms with Crippen molar-refractivity contribution < 1.29 is 73.1 Å². The fourth-order valence-corrected chi connectivity index (χ4v) is 4.23. The third-order valence-electron chi connectivity index (χ3n) is 6.37. The van der Waals surface area contributed by atoms with Crippen LogP contribution in [0.25, 0.3) is 0 Å². The van der Waals surface area contributed by atoms with Crippen molar-refractivity contribution in [2.75, 3.05) is 0 Å². The zero-order chi connectivity index (χ0) is 33.8. The first-order valence-corrected chi connectivity index (χ1v) is 13.6. The molecule has 2 aromatic carbocycles. The molecule has 15 heteroatoms. The summed E-state index contributed by atoms with van der Waals surface area (Å²) in [7, 11) is 0. The summed E-state index contributed by atoms with van der Waals surface area (Å²) >= 11 is 0. The standard InChI is InChI=1S/C26H28F6N2O2.2C2H4O2.Co/c1-3-15-9-19(25(27,28)29)11-17(23(15)35)13-33-21-5-7-22(8-6-21)34-14-18-12-20(26(30,31)32)10-16(4-2)24(18)36;2*1-2(3)4;/h9-14,21-22,35-36H,3-8H2,1-2H3;2*1H3,(H,3,4);/q;;;+2/p-2. The Balaban J connectivity index is 0.00000192. The molecule has 0 amide bonds. The Bertz CT molecular complexity index is 1230.